The summed E-state index contributed by atoms with van der Waals surface area (Å²) in [5.74, 6) is 0. The SMILES string of the molecule is CCCC(CN)(CCC)N(C)CCCOC. The van der Waals surface area contributed by atoms with Crippen molar-refractivity contribution in [3.63, 3.8) is 0 Å². The smallest absolute Gasteiger partial charge is 0.0474 e. The molecule has 2 N–H and O–H groups in total. The van der Waals surface area contributed by atoms with Gasteiger partial charge in [0.1, 0.15) is 0 Å². The van der Waals surface area contributed by atoms with Gasteiger partial charge in [-0.1, -0.05) is 26.7 Å². The van der Waals surface area contributed by atoms with E-state index in [9.17, 15) is 0 Å². The number of nitrogens with two attached hydrogens (primary N) is 1. The molecule has 0 saturated heterocycles. The number of methoxy groups -OCH3 is 1. The molecule has 0 rings (SSSR count). The van der Waals surface area contributed by atoms with Crippen molar-refractivity contribution in [1.29, 1.82) is 0 Å². The second-order valence-corrected chi connectivity index (χ2v) is 4.70. The number of hydrogen-bond donors (Lipinski definition) is 1. The summed E-state index contributed by atoms with van der Waals surface area (Å²) in [6.07, 6.45) is 5.88. The van der Waals surface area contributed by atoms with E-state index in [0.29, 0.717) is 0 Å². The highest BCUT2D eigenvalue weighted by Gasteiger charge is 2.30. The molecule has 3 nitrogen and oxygen atoms in total. The van der Waals surface area contributed by atoms with E-state index in [0.717, 1.165) is 26.1 Å². The predicted octanol–water partition coefficient (Wildman–Crippen LogP) is 2.25. The van der Waals surface area contributed by atoms with Gasteiger partial charge >= 0.3 is 0 Å². The Kier molecular flexibility index (Phi) is 8.90. The van der Waals surface area contributed by atoms with E-state index in [1.165, 1.54) is 25.7 Å². The van der Waals surface area contributed by atoms with Gasteiger partial charge in [-0.05, 0) is 26.3 Å². The Bertz CT molecular complexity index is 156. The Morgan fingerprint density at radius 2 is 1.75 bits per heavy atom. The van der Waals surface area contributed by atoms with Gasteiger partial charge in [0.15, 0.2) is 0 Å². The summed E-state index contributed by atoms with van der Waals surface area (Å²) in [6, 6.07) is 0. The Morgan fingerprint density at radius 1 is 1.19 bits per heavy atom. The normalized spacial score (nSPS) is 12.4. The van der Waals surface area contributed by atoms with Gasteiger partial charge in [0.2, 0.25) is 0 Å². The van der Waals surface area contributed by atoms with Crippen molar-refractivity contribution in [2.45, 2.75) is 51.5 Å². The highest BCUT2D eigenvalue weighted by atomic mass is 16.5. The van der Waals surface area contributed by atoms with Gasteiger partial charge in [-0.3, -0.25) is 4.90 Å². The van der Waals surface area contributed by atoms with Gasteiger partial charge in [-0.2, -0.15) is 0 Å². The van der Waals surface area contributed by atoms with Crippen molar-refractivity contribution in [3.05, 3.63) is 0 Å². The maximum absolute atomic E-state index is 6.01. The van der Waals surface area contributed by atoms with Crippen LogP contribution in [-0.4, -0.2) is 44.3 Å². The molecule has 0 aromatic rings. The van der Waals surface area contributed by atoms with Crippen LogP contribution in [0.1, 0.15) is 46.0 Å². The minimum absolute atomic E-state index is 0.206. The molecule has 0 saturated carbocycles. The number of hydrogen-bond acceptors (Lipinski definition) is 3. The summed E-state index contributed by atoms with van der Waals surface area (Å²) in [5, 5.41) is 0. The second kappa shape index (κ2) is 8.97. The quantitative estimate of drug-likeness (QED) is 0.585. The Morgan fingerprint density at radius 3 is 2.12 bits per heavy atom. The molecule has 3 heteroatoms. The van der Waals surface area contributed by atoms with Gasteiger partial charge in [0.05, 0.1) is 0 Å². The first-order valence-corrected chi connectivity index (χ1v) is 6.57. The monoisotopic (exact) mass is 230 g/mol. The summed E-state index contributed by atoms with van der Waals surface area (Å²) in [4.78, 5) is 2.44. The fraction of sp³-hybridized carbons (Fsp3) is 1.00. The molecule has 0 aliphatic heterocycles. The summed E-state index contributed by atoms with van der Waals surface area (Å²) >= 11 is 0. The van der Waals surface area contributed by atoms with Crippen LogP contribution in [0.4, 0.5) is 0 Å². The Hall–Kier alpha value is -0.120. The van der Waals surface area contributed by atoms with Gasteiger partial charge in [-0.15, -0.1) is 0 Å². The van der Waals surface area contributed by atoms with Crippen molar-refractivity contribution in [2.24, 2.45) is 5.73 Å². The first kappa shape index (κ1) is 15.9. The number of nitrogens with zero attached hydrogens (tertiary/aromatic N) is 1. The van der Waals surface area contributed by atoms with Crippen molar-refractivity contribution in [1.82, 2.24) is 4.90 Å². The van der Waals surface area contributed by atoms with Crippen LogP contribution in [0.15, 0.2) is 0 Å². The van der Waals surface area contributed by atoms with Crippen molar-refractivity contribution in [2.75, 3.05) is 33.9 Å². The molecule has 0 aliphatic rings. The summed E-state index contributed by atoms with van der Waals surface area (Å²) < 4.78 is 5.10. The molecule has 16 heavy (non-hydrogen) atoms. The first-order valence-electron chi connectivity index (χ1n) is 6.57. The van der Waals surface area contributed by atoms with Crippen molar-refractivity contribution in [3.8, 4) is 0 Å². The van der Waals surface area contributed by atoms with E-state index >= 15 is 0 Å². The lowest BCUT2D eigenvalue weighted by atomic mass is 9.87. The topological polar surface area (TPSA) is 38.5 Å². The van der Waals surface area contributed by atoms with E-state index in [1.807, 2.05) is 0 Å². The summed E-state index contributed by atoms with van der Waals surface area (Å²) in [6.45, 7) is 7.15. The van der Waals surface area contributed by atoms with Crippen LogP contribution in [0, 0.1) is 0 Å². The highest BCUT2D eigenvalue weighted by molar-refractivity contribution is 4.89. The molecular formula is C13H30N2O. The molecule has 0 atom stereocenters. The molecule has 0 aromatic heterocycles. The van der Waals surface area contributed by atoms with E-state index < -0.39 is 0 Å². The molecule has 0 aromatic carbocycles. The van der Waals surface area contributed by atoms with E-state index in [4.69, 9.17) is 10.5 Å². The fourth-order valence-corrected chi connectivity index (χ4v) is 2.48. The molecule has 0 fully saturated rings. The molecule has 98 valence electrons. The summed E-state index contributed by atoms with van der Waals surface area (Å²) in [7, 11) is 3.96. The first-order chi connectivity index (χ1) is 7.66. The lowest BCUT2D eigenvalue weighted by molar-refractivity contribution is 0.0888. The van der Waals surface area contributed by atoms with E-state index in [1.54, 1.807) is 7.11 Å². The third kappa shape index (κ3) is 4.81. The van der Waals surface area contributed by atoms with Crippen LogP contribution in [-0.2, 0) is 4.74 Å². The molecule has 0 heterocycles. The zero-order valence-electron chi connectivity index (χ0n) is 11.6. The van der Waals surface area contributed by atoms with Gasteiger partial charge in [0.25, 0.3) is 0 Å². The lowest BCUT2D eigenvalue weighted by Crippen LogP contribution is -2.52. The van der Waals surface area contributed by atoms with E-state index in [2.05, 4.69) is 25.8 Å². The van der Waals surface area contributed by atoms with Crippen LogP contribution in [0.5, 0.6) is 0 Å². The minimum Gasteiger partial charge on any atom is -0.385 e. The van der Waals surface area contributed by atoms with Gasteiger partial charge in [0, 0.05) is 32.3 Å². The largest absolute Gasteiger partial charge is 0.385 e. The number of ether oxygens (including phenoxy) is 1. The minimum atomic E-state index is 0.206. The van der Waals surface area contributed by atoms with Gasteiger partial charge < -0.3 is 10.5 Å². The van der Waals surface area contributed by atoms with Crippen molar-refractivity contribution < 1.29 is 4.74 Å². The Labute approximate surface area is 101 Å². The fourth-order valence-electron chi connectivity index (χ4n) is 2.48. The standard InChI is InChI=1S/C13H30N2O/c1-5-8-13(12-14,9-6-2)15(3)10-7-11-16-4/h5-12,14H2,1-4H3. The molecular weight excluding hydrogens is 200 g/mol. The van der Waals surface area contributed by atoms with Crippen LogP contribution in [0.3, 0.4) is 0 Å². The second-order valence-electron chi connectivity index (χ2n) is 4.70. The molecule has 0 aliphatic carbocycles. The number of likely N-dealkylation sites (N-methyl/N-ethyl adjacent to an activating group) is 1. The third-order valence-electron chi connectivity index (χ3n) is 3.46. The average Bonchev–Trinajstić information content (AvgIpc) is 2.28. The molecule has 0 bridgehead atoms. The van der Waals surface area contributed by atoms with Crippen LogP contribution >= 0.6 is 0 Å². The van der Waals surface area contributed by atoms with Crippen LogP contribution in [0.25, 0.3) is 0 Å². The zero-order valence-corrected chi connectivity index (χ0v) is 11.6. The highest BCUT2D eigenvalue weighted by Crippen LogP contribution is 2.25. The third-order valence-corrected chi connectivity index (χ3v) is 3.46. The zero-order chi connectivity index (χ0) is 12.4. The molecule has 0 unspecified atom stereocenters. The molecule has 0 amide bonds. The summed E-state index contributed by atoms with van der Waals surface area (Å²) in [5.41, 5.74) is 6.22. The van der Waals surface area contributed by atoms with Crippen LogP contribution < -0.4 is 5.73 Å². The van der Waals surface area contributed by atoms with Gasteiger partial charge in [-0.25, -0.2) is 0 Å². The lowest BCUT2D eigenvalue weighted by Gasteiger charge is -2.41. The maximum Gasteiger partial charge on any atom is 0.0474 e. The van der Waals surface area contributed by atoms with E-state index in [-0.39, 0.29) is 5.54 Å². The van der Waals surface area contributed by atoms with Crippen LogP contribution in [0.2, 0.25) is 0 Å². The molecule has 0 radical (unpaired) electrons. The maximum atomic E-state index is 6.01. The average molecular weight is 230 g/mol. The number of rotatable bonds is 10. The van der Waals surface area contributed by atoms with Crippen molar-refractivity contribution >= 4 is 0 Å². The molecule has 0 spiro atoms. The Balaban J connectivity index is 4.33. The predicted molar refractivity (Wildman–Crippen MR) is 70.7 cm³/mol.